The summed E-state index contributed by atoms with van der Waals surface area (Å²) in [7, 11) is 0. The number of aromatic nitrogens is 4. The maximum Gasteiger partial charge on any atom is 0.164 e. The van der Waals surface area contributed by atoms with Gasteiger partial charge in [-0.1, -0.05) is 24.3 Å². The van der Waals surface area contributed by atoms with Crippen molar-refractivity contribution in [2.45, 2.75) is 31.2 Å². The predicted molar refractivity (Wildman–Crippen MR) is 133 cm³/mol. The molecule has 1 saturated carbocycles. The SMILES string of the molecule is C=CC1OC1N1CC2(CC(n3nc(-c4ccc(Oc5ccccc5)cc4)c4c(N)ncnc43)C2)C1. The molecule has 1 spiro atoms. The van der Waals surface area contributed by atoms with Crippen molar-refractivity contribution in [3.63, 3.8) is 0 Å². The Morgan fingerprint density at radius 3 is 2.49 bits per heavy atom. The van der Waals surface area contributed by atoms with Crippen LogP contribution in [0.15, 0.2) is 73.6 Å². The lowest BCUT2D eigenvalue weighted by Gasteiger charge is -2.58. The number of epoxide rings is 1. The fraction of sp³-hybridized carbons (Fsp3) is 0.296. The summed E-state index contributed by atoms with van der Waals surface area (Å²) < 4.78 is 13.7. The van der Waals surface area contributed by atoms with Crippen LogP contribution >= 0.6 is 0 Å². The van der Waals surface area contributed by atoms with Gasteiger partial charge in [-0.3, -0.25) is 4.90 Å². The van der Waals surface area contributed by atoms with E-state index < -0.39 is 0 Å². The van der Waals surface area contributed by atoms with Crippen molar-refractivity contribution >= 4 is 16.9 Å². The number of hydrogen-bond acceptors (Lipinski definition) is 7. The molecule has 4 heterocycles. The van der Waals surface area contributed by atoms with Gasteiger partial charge in [0.1, 0.15) is 41.7 Å². The number of rotatable bonds is 6. The number of benzene rings is 2. The first-order valence-corrected chi connectivity index (χ1v) is 12.0. The molecular weight excluding hydrogens is 440 g/mol. The summed E-state index contributed by atoms with van der Waals surface area (Å²) in [4.78, 5) is 11.2. The lowest BCUT2D eigenvalue weighted by molar-refractivity contribution is -0.108. The van der Waals surface area contributed by atoms with Crippen LogP contribution in [0.2, 0.25) is 0 Å². The zero-order chi connectivity index (χ0) is 23.6. The molecule has 2 saturated heterocycles. The van der Waals surface area contributed by atoms with Gasteiger partial charge in [0.15, 0.2) is 5.65 Å². The van der Waals surface area contributed by atoms with Gasteiger partial charge in [-0.15, -0.1) is 6.58 Å². The molecule has 2 unspecified atom stereocenters. The lowest BCUT2D eigenvalue weighted by atomic mass is 9.60. The number of fused-ring (bicyclic) bond motifs is 1. The number of nitrogen functional groups attached to an aromatic ring is 1. The summed E-state index contributed by atoms with van der Waals surface area (Å²) in [6.07, 6.45) is 6.01. The summed E-state index contributed by atoms with van der Waals surface area (Å²) in [5.41, 5.74) is 9.24. The fourth-order valence-electron chi connectivity index (χ4n) is 5.71. The van der Waals surface area contributed by atoms with Gasteiger partial charge >= 0.3 is 0 Å². The second-order valence-electron chi connectivity index (χ2n) is 9.88. The molecule has 176 valence electrons. The van der Waals surface area contributed by atoms with Gasteiger partial charge in [0.25, 0.3) is 0 Å². The normalized spacial score (nSPS) is 23.1. The van der Waals surface area contributed by atoms with E-state index in [2.05, 4.69) is 26.1 Å². The zero-order valence-electron chi connectivity index (χ0n) is 19.2. The fourth-order valence-corrected chi connectivity index (χ4v) is 5.71. The second-order valence-corrected chi connectivity index (χ2v) is 9.88. The van der Waals surface area contributed by atoms with Crippen LogP contribution in [-0.4, -0.2) is 50.1 Å². The molecule has 1 aliphatic carbocycles. The Labute approximate surface area is 203 Å². The molecule has 2 atom stereocenters. The Hall–Kier alpha value is -3.75. The van der Waals surface area contributed by atoms with E-state index in [1.54, 1.807) is 0 Å². The Balaban J connectivity index is 1.13. The summed E-state index contributed by atoms with van der Waals surface area (Å²) in [6.45, 7) is 5.98. The number of nitrogens with zero attached hydrogens (tertiary/aromatic N) is 5. The van der Waals surface area contributed by atoms with Crippen LogP contribution in [0.25, 0.3) is 22.3 Å². The van der Waals surface area contributed by atoms with Crippen LogP contribution in [0.3, 0.4) is 0 Å². The monoisotopic (exact) mass is 466 g/mol. The molecule has 2 N–H and O–H groups in total. The first kappa shape index (κ1) is 20.6. The lowest BCUT2D eigenvalue weighted by Crippen LogP contribution is -2.63. The van der Waals surface area contributed by atoms with Crippen molar-refractivity contribution in [1.29, 1.82) is 0 Å². The molecule has 8 heteroatoms. The molecule has 0 radical (unpaired) electrons. The smallest absolute Gasteiger partial charge is 0.164 e. The highest BCUT2D eigenvalue weighted by atomic mass is 16.6. The largest absolute Gasteiger partial charge is 0.457 e. The molecule has 35 heavy (non-hydrogen) atoms. The quantitative estimate of drug-likeness (QED) is 0.332. The molecule has 2 aromatic heterocycles. The van der Waals surface area contributed by atoms with Crippen molar-refractivity contribution in [3.05, 3.63) is 73.6 Å². The number of para-hydroxylation sites is 1. The average molecular weight is 467 g/mol. The van der Waals surface area contributed by atoms with E-state index in [1.807, 2.05) is 60.7 Å². The van der Waals surface area contributed by atoms with Crippen LogP contribution in [0.1, 0.15) is 18.9 Å². The highest BCUT2D eigenvalue weighted by Crippen LogP contribution is 2.56. The minimum Gasteiger partial charge on any atom is -0.457 e. The van der Waals surface area contributed by atoms with Crippen LogP contribution in [-0.2, 0) is 4.74 Å². The van der Waals surface area contributed by atoms with E-state index >= 15 is 0 Å². The molecule has 0 amide bonds. The van der Waals surface area contributed by atoms with E-state index in [9.17, 15) is 0 Å². The van der Waals surface area contributed by atoms with Crippen molar-refractivity contribution < 1.29 is 9.47 Å². The number of ether oxygens (including phenoxy) is 2. The molecule has 7 rings (SSSR count). The first-order valence-electron chi connectivity index (χ1n) is 12.0. The third-order valence-electron chi connectivity index (χ3n) is 7.48. The van der Waals surface area contributed by atoms with Crippen molar-refractivity contribution in [2.75, 3.05) is 18.8 Å². The van der Waals surface area contributed by atoms with E-state index in [-0.39, 0.29) is 12.3 Å². The maximum absolute atomic E-state index is 6.32. The minimum atomic E-state index is 0.199. The molecule has 4 aromatic rings. The van der Waals surface area contributed by atoms with E-state index in [1.165, 1.54) is 6.33 Å². The topological polar surface area (TPSA) is 94.6 Å². The predicted octanol–water partition coefficient (Wildman–Crippen LogP) is 4.42. The highest BCUT2D eigenvalue weighted by Gasteiger charge is 2.58. The number of likely N-dealkylation sites (tertiary alicyclic amines) is 1. The summed E-state index contributed by atoms with van der Waals surface area (Å²) in [5.74, 6) is 2.02. The molecule has 3 fully saturated rings. The number of anilines is 1. The van der Waals surface area contributed by atoms with Gasteiger partial charge < -0.3 is 15.2 Å². The van der Waals surface area contributed by atoms with Crippen molar-refractivity contribution in [2.24, 2.45) is 5.41 Å². The van der Waals surface area contributed by atoms with E-state index in [4.69, 9.17) is 20.3 Å². The summed E-state index contributed by atoms with van der Waals surface area (Å²) in [5, 5.41) is 5.82. The molecule has 3 aliphatic rings. The third-order valence-corrected chi connectivity index (χ3v) is 7.48. The van der Waals surface area contributed by atoms with Gasteiger partial charge in [0, 0.05) is 24.1 Å². The van der Waals surface area contributed by atoms with Gasteiger partial charge in [-0.05, 0) is 49.2 Å². The standard InChI is InChI=1S/C27H26N6O2/c1-2-21-26(35-21)32-14-27(15-32)12-18(13-27)33-25-22(24(28)29-16-30-25)23(31-33)17-8-10-20(11-9-17)34-19-6-4-3-5-7-19/h2-11,16,18,21,26H,1,12-15H2,(H2,28,29,30). The summed E-state index contributed by atoms with van der Waals surface area (Å²) in [6, 6.07) is 18.0. The second kappa shape index (κ2) is 7.63. The Morgan fingerprint density at radius 2 is 1.77 bits per heavy atom. The third kappa shape index (κ3) is 3.40. The van der Waals surface area contributed by atoms with Gasteiger partial charge in [-0.25, -0.2) is 14.6 Å². The molecule has 2 aromatic carbocycles. The average Bonchev–Trinajstić information content (AvgIpc) is 3.50. The van der Waals surface area contributed by atoms with Crippen LogP contribution < -0.4 is 10.5 Å². The zero-order valence-corrected chi connectivity index (χ0v) is 19.2. The Kier molecular flexibility index (Phi) is 4.49. The van der Waals surface area contributed by atoms with Crippen LogP contribution in [0, 0.1) is 5.41 Å². The number of nitrogens with two attached hydrogens (primary N) is 1. The minimum absolute atomic E-state index is 0.199. The first-order chi connectivity index (χ1) is 17.1. The Morgan fingerprint density at radius 1 is 1.03 bits per heavy atom. The molecule has 2 aliphatic heterocycles. The van der Waals surface area contributed by atoms with Gasteiger partial charge in [-0.2, -0.15) is 5.10 Å². The van der Waals surface area contributed by atoms with E-state index in [0.717, 1.165) is 59.7 Å². The molecular formula is C27H26N6O2. The Bertz CT molecular complexity index is 1400. The molecule has 0 bridgehead atoms. The summed E-state index contributed by atoms with van der Waals surface area (Å²) >= 11 is 0. The van der Waals surface area contributed by atoms with E-state index in [0.29, 0.717) is 17.3 Å². The van der Waals surface area contributed by atoms with Gasteiger partial charge in [0.2, 0.25) is 0 Å². The maximum atomic E-state index is 6.32. The molecule has 8 nitrogen and oxygen atoms in total. The highest BCUT2D eigenvalue weighted by molar-refractivity contribution is 5.98. The van der Waals surface area contributed by atoms with Crippen LogP contribution in [0.4, 0.5) is 5.82 Å². The van der Waals surface area contributed by atoms with Crippen molar-refractivity contribution in [3.8, 4) is 22.8 Å². The number of hydrogen-bond donors (Lipinski definition) is 1. The van der Waals surface area contributed by atoms with Crippen LogP contribution in [0.5, 0.6) is 11.5 Å². The van der Waals surface area contributed by atoms with Gasteiger partial charge in [0.05, 0.1) is 11.4 Å². The van der Waals surface area contributed by atoms with Crippen molar-refractivity contribution in [1.82, 2.24) is 24.6 Å².